The van der Waals surface area contributed by atoms with Gasteiger partial charge in [-0.1, -0.05) is 53.7 Å². The number of hydrogen-bond donors (Lipinski definition) is 0. The molecule has 0 spiro atoms. The SMILES string of the molecule is C=C1C(C)(C)CC[C@@H](O[Si](C)(C)C(C)(C)C)[C@]1(C)CC(=O)C(=[N+]=[N-])C(=O)OCC. The molecule has 0 N–H and O–H groups in total. The zero-order chi connectivity index (χ0) is 22.8. The van der Waals surface area contributed by atoms with Crippen molar-refractivity contribution in [3.05, 3.63) is 17.7 Å². The molecular weight excluding hydrogens is 384 g/mol. The summed E-state index contributed by atoms with van der Waals surface area (Å²) < 4.78 is 11.6. The molecular formula is C22H38N2O4Si. The molecule has 1 aliphatic carbocycles. The summed E-state index contributed by atoms with van der Waals surface area (Å²) in [5.74, 6) is -1.47. The van der Waals surface area contributed by atoms with Gasteiger partial charge in [0.15, 0.2) is 8.32 Å². The number of carbonyl (C=O) groups excluding carboxylic acids is 2. The summed E-state index contributed by atoms with van der Waals surface area (Å²) in [5.41, 5.74) is 8.76. The molecule has 1 rings (SSSR count). The van der Waals surface area contributed by atoms with Gasteiger partial charge in [0.1, 0.15) is 0 Å². The molecule has 1 fully saturated rings. The average Bonchev–Trinajstić information content (AvgIpc) is 2.56. The maximum Gasteiger partial charge on any atom is 0.441 e. The Hall–Kier alpha value is -1.56. The number of hydrogen-bond acceptors (Lipinski definition) is 4. The molecule has 0 amide bonds. The maximum absolute atomic E-state index is 13.0. The fraction of sp³-hybridized carbons (Fsp3) is 0.773. The first kappa shape index (κ1) is 25.5. The first-order valence-corrected chi connectivity index (χ1v) is 13.2. The van der Waals surface area contributed by atoms with Gasteiger partial charge < -0.3 is 14.7 Å². The van der Waals surface area contributed by atoms with Gasteiger partial charge in [0.25, 0.3) is 5.78 Å². The number of nitrogens with zero attached hydrogens (tertiary/aromatic N) is 2. The van der Waals surface area contributed by atoms with Crippen molar-refractivity contribution in [1.29, 1.82) is 0 Å². The van der Waals surface area contributed by atoms with Crippen LogP contribution in [0.1, 0.15) is 67.7 Å². The standard InChI is InChI=1S/C22H38N2O4Si/c1-11-27-19(26)18(24-23)16(25)14-22(8)15(2)21(6,7)13-12-17(22)28-29(9,10)20(3,4)5/h17H,2,11-14H2,1,3-10H3/t17-,22-/m1/s1. The summed E-state index contributed by atoms with van der Waals surface area (Å²) in [5, 5.41) is 0.0227. The Labute approximate surface area is 176 Å². The minimum atomic E-state index is -2.10. The van der Waals surface area contributed by atoms with Crippen molar-refractivity contribution in [3.63, 3.8) is 0 Å². The van der Waals surface area contributed by atoms with Gasteiger partial charge in [-0.2, -0.15) is 4.79 Å². The second-order valence-electron chi connectivity index (χ2n) is 10.5. The van der Waals surface area contributed by atoms with E-state index in [4.69, 9.17) is 9.16 Å². The highest BCUT2D eigenvalue weighted by molar-refractivity contribution is 6.74. The van der Waals surface area contributed by atoms with Crippen LogP contribution in [0.4, 0.5) is 0 Å². The second-order valence-corrected chi connectivity index (χ2v) is 15.2. The van der Waals surface area contributed by atoms with Crippen molar-refractivity contribution in [1.82, 2.24) is 0 Å². The monoisotopic (exact) mass is 422 g/mol. The molecule has 0 unspecified atom stereocenters. The zero-order valence-corrected chi connectivity index (χ0v) is 20.6. The van der Waals surface area contributed by atoms with Crippen LogP contribution in [0.3, 0.4) is 0 Å². The topological polar surface area (TPSA) is 89.0 Å². The van der Waals surface area contributed by atoms with Gasteiger partial charge in [-0.25, -0.2) is 4.79 Å². The van der Waals surface area contributed by atoms with Crippen LogP contribution < -0.4 is 0 Å². The first-order valence-electron chi connectivity index (χ1n) is 10.3. The van der Waals surface area contributed by atoms with Crippen molar-refractivity contribution >= 4 is 25.8 Å². The van der Waals surface area contributed by atoms with E-state index in [-0.39, 0.29) is 29.6 Å². The second kappa shape index (κ2) is 8.66. The van der Waals surface area contributed by atoms with Gasteiger partial charge in [-0.15, -0.1) is 0 Å². The van der Waals surface area contributed by atoms with Crippen molar-refractivity contribution in [2.45, 2.75) is 92.0 Å². The molecule has 1 saturated carbocycles. The molecule has 164 valence electrons. The fourth-order valence-electron chi connectivity index (χ4n) is 3.70. The van der Waals surface area contributed by atoms with Gasteiger partial charge in [-0.05, 0) is 43.3 Å². The molecule has 1 aliphatic rings. The van der Waals surface area contributed by atoms with Crippen LogP contribution in [0.2, 0.25) is 18.1 Å². The molecule has 0 aromatic rings. The maximum atomic E-state index is 13.0. The summed E-state index contributed by atoms with van der Waals surface area (Å²) in [6.07, 6.45) is 1.49. The molecule has 6 nitrogen and oxygen atoms in total. The number of ketones is 1. The normalized spacial score (nSPS) is 24.6. The quantitative estimate of drug-likeness (QED) is 0.110. The first-order chi connectivity index (χ1) is 13.0. The largest absolute Gasteiger partial charge is 0.457 e. The van der Waals surface area contributed by atoms with E-state index in [0.717, 1.165) is 18.4 Å². The third kappa shape index (κ3) is 5.33. The lowest BCUT2D eigenvalue weighted by Gasteiger charge is -2.53. The lowest BCUT2D eigenvalue weighted by molar-refractivity contribution is -0.142. The third-order valence-corrected chi connectivity index (χ3v) is 11.3. The molecule has 2 atom stereocenters. The molecule has 0 saturated heterocycles. The highest BCUT2D eigenvalue weighted by atomic mass is 28.4. The molecule has 0 heterocycles. The Morgan fingerprint density at radius 2 is 1.83 bits per heavy atom. The summed E-state index contributed by atoms with van der Waals surface area (Å²) in [6.45, 7) is 23.2. The molecule has 7 heteroatoms. The van der Waals surface area contributed by atoms with E-state index < -0.39 is 31.2 Å². The Kier molecular flexibility index (Phi) is 7.61. The summed E-state index contributed by atoms with van der Waals surface area (Å²) in [4.78, 5) is 27.9. The van der Waals surface area contributed by atoms with Crippen LogP contribution in [0.15, 0.2) is 12.2 Å². The minimum Gasteiger partial charge on any atom is -0.457 e. The van der Waals surface area contributed by atoms with E-state index in [2.05, 4.69) is 59.1 Å². The van der Waals surface area contributed by atoms with Crippen molar-refractivity contribution in [3.8, 4) is 0 Å². The van der Waals surface area contributed by atoms with E-state index in [1.807, 2.05) is 6.92 Å². The predicted octanol–water partition coefficient (Wildman–Crippen LogP) is 4.95. The molecule has 0 bridgehead atoms. The molecule has 0 aromatic heterocycles. The van der Waals surface area contributed by atoms with Crippen molar-refractivity contribution in [2.75, 3.05) is 6.61 Å². The van der Waals surface area contributed by atoms with Crippen molar-refractivity contribution in [2.24, 2.45) is 10.8 Å². The number of esters is 1. The predicted molar refractivity (Wildman–Crippen MR) is 117 cm³/mol. The third-order valence-electron chi connectivity index (χ3n) is 6.85. The van der Waals surface area contributed by atoms with E-state index in [0.29, 0.717) is 0 Å². The van der Waals surface area contributed by atoms with Crippen LogP contribution in [-0.2, 0) is 18.8 Å². The molecule has 0 aliphatic heterocycles. The number of carbonyl (C=O) groups is 2. The summed E-state index contributed by atoms with van der Waals surface area (Å²) >= 11 is 0. The Morgan fingerprint density at radius 3 is 2.28 bits per heavy atom. The highest BCUT2D eigenvalue weighted by Crippen LogP contribution is 2.54. The smallest absolute Gasteiger partial charge is 0.441 e. The molecule has 0 radical (unpaired) electrons. The van der Waals surface area contributed by atoms with E-state index in [9.17, 15) is 15.1 Å². The van der Waals surface area contributed by atoms with Crippen molar-refractivity contribution < 1.29 is 23.5 Å². The van der Waals surface area contributed by atoms with Gasteiger partial charge in [0.2, 0.25) is 0 Å². The van der Waals surface area contributed by atoms with Gasteiger partial charge in [0, 0.05) is 11.8 Å². The Bertz CT molecular complexity index is 730. The summed E-state index contributed by atoms with van der Waals surface area (Å²) in [7, 11) is -2.10. The summed E-state index contributed by atoms with van der Waals surface area (Å²) in [6, 6.07) is 0. The molecule has 29 heavy (non-hydrogen) atoms. The van der Waals surface area contributed by atoms with Crippen LogP contribution in [0.5, 0.6) is 0 Å². The van der Waals surface area contributed by atoms with Crippen LogP contribution in [0, 0.1) is 10.8 Å². The van der Waals surface area contributed by atoms with Gasteiger partial charge in [0.05, 0.1) is 12.7 Å². The fourth-order valence-corrected chi connectivity index (χ4v) is 5.14. The van der Waals surface area contributed by atoms with Gasteiger partial charge >= 0.3 is 11.7 Å². The minimum absolute atomic E-state index is 0.0211. The number of rotatable bonds is 7. The Morgan fingerprint density at radius 1 is 1.28 bits per heavy atom. The van der Waals surface area contributed by atoms with Crippen LogP contribution in [0.25, 0.3) is 5.53 Å². The lowest BCUT2D eigenvalue weighted by Crippen LogP contribution is -2.53. The Balaban J connectivity index is 3.32. The molecule has 0 aromatic carbocycles. The number of ether oxygens (including phenoxy) is 1. The highest BCUT2D eigenvalue weighted by Gasteiger charge is 2.53. The zero-order valence-electron chi connectivity index (χ0n) is 19.6. The lowest BCUT2D eigenvalue weighted by atomic mass is 9.58. The van der Waals surface area contributed by atoms with Gasteiger partial charge in [-0.3, -0.25) is 4.79 Å². The van der Waals surface area contributed by atoms with E-state index in [1.54, 1.807) is 6.92 Å². The van der Waals surface area contributed by atoms with Crippen LogP contribution >= 0.6 is 0 Å². The average molecular weight is 423 g/mol. The number of Topliss-reactive ketones (excluding diaryl/α,β-unsaturated/α-hetero) is 1. The van der Waals surface area contributed by atoms with Crippen LogP contribution in [-0.4, -0.2) is 43.3 Å². The van der Waals surface area contributed by atoms with E-state index in [1.165, 1.54) is 0 Å². The van der Waals surface area contributed by atoms with E-state index >= 15 is 0 Å².